The second-order valence-electron chi connectivity index (χ2n) is 11.9. The first-order valence-electron chi connectivity index (χ1n) is 12.8. The van der Waals surface area contributed by atoms with Gasteiger partial charge in [-0.05, 0) is 59.1 Å². The van der Waals surface area contributed by atoms with Gasteiger partial charge >= 0.3 is 0 Å². The zero-order valence-electron chi connectivity index (χ0n) is 22.7. The van der Waals surface area contributed by atoms with Crippen LogP contribution in [-0.2, 0) is 21.4 Å². The molecule has 8 nitrogen and oxygen atoms in total. The van der Waals surface area contributed by atoms with E-state index in [0.29, 0.717) is 11.3 Å². The van der Waals surface area contributed by atoms with Crippen LogP contribution in [0.25, 0.3) is 0 Å². The fourth-order valence-corrected chi connectivity index (χ4v) is 6.86. The van der Waals surface area contributed by atoms with Crippen molar-refractivity contribution in [2.24, 2.45) is 0 Å². The molecule has 2 aliphatic carbocycles. The van der Waals surface area contributed by atoms with Crippen molar-refractivity contribution in [1.29, 1.82) is 0 Å². The highest BCUT2D eigenvalue weighted by molar-refractivity contribution is 6.74. The van der Waals surface area contributed by atoms with E-state index in [1.54, 1.807) is 19.2 Å². The third kappa shape index (κ3) is 4.52. The van der Waals surface area contributed by atoms with E-state index in [2.05, 4.69) is 20.8 Å². The van der Waals surface area contributed by atoms with Gasteiger partial charge < -0.3 is 39.4 Å². The molecule has 2 aromatic carbocycles. The number of hydrogen-bond donors (Lipinski definition) is 5. The molecule has 0 aliphatic heterocycles. The molecule has 0 heterocycles. The lowest BCUT2D eigenvalue weighted by atomic mass is 9.82. The van der Waals surface area contributed by atoms with Gasteiger partial charge in [0.15, 0.2) is 19.5 Å². The topological polar surface area (TPSA) is 129 Å². The van der Waals surface area contributed by atoms with Crippen LogP contribution in [-0.4, -0.2) is 65.4 Å². The molecule has 0 unspecified atom stereocenters. The molecule has 0 amide bonds. The number of benzene rings is 2. The molecule has 0 aromatic heterocycles. The lowest BCUT2D eigenvalue weighted by molar-refractivity contribution is -0.231. The summed E-state index contributed by atoms with van der Waals surface area (Å²) < 4.78 is 18.1. The van der Waals surface area contributed by atoms with Gasteiger partial charge in [-0.15, -0.1) is 0 Å². The van der Waals surface area contributed by atoms with E-state index in [1.807, 2.05) is 25.2 Å². The van der Waals surface area contributed by atoms with Gasteiger partial charge in [-0.3, -0.25) is 0 Å². The van der Waals surface area contributed by atoms with Gasteiger partial charge in [0.25, 0.3) is 0 Å². The maximum atomic E-state index is 12.4. The van der Waals surface area contributed by atoms with Crippen LogP contribution in [0.1, 0.15) is 61.7 Å². The Bertz CT molecular complexity index is 1170. The molecule has 0 spiro atoms. The first-order valence-corrected chi connectivity index (χ1v) is 16.1. The second-order valence-corrected chi connectivity index (χ2v) is 17.1. The summed E-state index contributed by atoms with van der Waals surface area (Å²) in [5.41, 5.74) is -2.61. The highest BCUT2D eigenvalue weighted by Gasteiger charge is 2.75. The zero-order chi connectivity index (χ0) is 28.3. The quantitative estimate of drug-likeness (QED) is 0.306. The molecule has 6 atom stereocenters. The summed E-state index contributed by atoms with van der Waals surface area (Å²) in [7, 11) is -0.980. The number of fused-ring (bicyclic) bond motifs is 3. The van der Waals surface area contributed by atoms with Gasteiger partial charge in [0, 0.05) is 17.0 Å². The zero-order valence-corrected chi connectivity index (χ0v) is 24.5. The molecule has 38 heavy (non-hydrogen) atoms. The van der Waals surface area contributed by atoms with E-state index in [1.165, 1.54) is 12.1 Å². The Morgan fingerprint density at radius 2 is 1.76 bits per heavy atom. The molecule has 5 N–H and O–H groups in total. The van der Waals surface area contributed by atoms with Gasteiger partial charge in [-0.1, -0.05) is 44.5 Å². The van der Waals surface area contributed by atoms with Crippen LogP contribution in [0.2, 0.25) is 23.2 Å². The van der Waals surface area contributed by atoms with Gasteiger partial charge in [-0.2, -0.15) is 0 Å². The van der Waals surface area contributed by atoms with E-state index >= 15 is 0 Å². The van der Waals surface area contributed by atoms with Gasteiger partial charge in [0.2, 0.25) is 0 Å². The van der Waals surface area contributed by atoms with Gasteiger partial charge in [-0.25, -0.2) is 0 Å². The Labute approximate surface area is 229 Å². The molecule has 1 saturated carbocycles. The van der Waals surface area contributed by atoms with Gasteiger partial charge in [0.1, 0.15) is 18.0 Å². The van der Waals surface area contributed by atoms with Crippen molar-refractivity contribution < 1.29 is 39.4 Å². The first-order chi connectivity index (χ1) is 17.6. The number of aliphatic hydroxyl groups is 5. The van der Waals surface area contributed by atoms with Gasteiger partial charge in [0.05, 0.1) is 32.5 Å². The highest BCUT2D eigenvalue weighted by Crippen LogP contribution is 2.64. The summed E-state index contributed by atoms with van der Waals surface area (Å²) in [5, 5.41) is 55.8. The largest absolute Gasteiger partial charge is 0.497 e. The molecular weight excluding hydrogens is 528 g/mol. The van der Waals surface area contributed by atoms with Crippen LogP contribution in [0, 0.1) is 0 Å². The molecule has 2 aromatic rings. The predicted molar refractivity (Wildman–Crippen MR) is 146 cm³/mol. The van der Waals surface area contributed by atoms with Crippen molar-refractivity contribution in [2.75, 3.05) is 13.7 Å². The Balaban J connectivity index is 1.82. The molecule has 210 valence electrons. The number of hydrogen-bond acceptors (Lipinski definition) is 8. The smallest absolute Gasteiger partial charge is 0.193 e. The molecule has 0 radical (unpaired) electrons. The van der Waals surface area contributed by atoms with Crippen LogP contribution < -0.4 is 4.74 Å². The average Bonchev–Trinajstić information content (AvgIpc) is 3.18. The third-order valence-corrected chi connectivity index (χ3v) is 13.4. The Morgan fingerprint density at radius 3 is 2.32 bits per heavy atom. The monoisotopic (exact) mass is 566 g/mol. The predicted octanol–water partition coefficient (Wildman–Crippen LogP) is 3.72. The minimum Gasteiger partial charge on any atom is -0.497 e. The van der Waals surface area contributed by atoms with Crippen LogP contribution >= 0.6 is 11.6 Å². The van der Waals surface area contributed by atoms with Crippen molar-refractivity contribution in [3.05, 3.63) is 63.7 Å². The summed E-state index contributed by atoms with van der Waals surface area (Å²) in [6, 6.07) is 10.3. The number of halogens is 1. The van der Waals surface area contributed by atoms with Crippen molar-refractivity contribution in [3.63, 3.8) is 0 Å². The molecule has 0 saturated heterocycles. The second kappa shape index (κ2) is 10.1. The SMILES string of the molecule is COc1ccc(CO[C@@H]2C[C@@H](O)[C@]3(O)[C@H](O[Si](C)(C)C(C)(C)C)c4c(Cl)cc([C@@H](O)CO)cc4[C@]23O)cc1. The maximum absolute atomic E-state index is 12.4. The summed E-state index contributed by atoms with van der Waals surface area (Å²) in [5.74, 6) is 0.693. The number of ether oxygens (including phenoxy) is 2. The van der Waals surface area contributed by atoms with Crippen LogP contribution in [0.15, 0.2) is 36.4 Å². The Kier molecular flexibility index (Phi) is 7.86. The number of methoxy groups -OCH3 is 1. The van der Waals surface area contributed by atoms with E-state index in [4.69, 9.17) is 25.5 Å². The Morgan fingerprint density at radius 1 is 1.13 bits per heavy atom. The normalized spacial score (nSPS) is 29.7. The van der Waals surface area contributed by atoms with Crippen molar-refractivity contribution >= 4 is 19.9 Å². The van der Waals surface area contributed by atoms with E-state index in [9.17, 15) is 25.5 Å². The standard InChI is InChI=1S/C28H39ClO8Si/c1-26(2,3)38(5,6)37-25-24-19(11-17(12-20(24)29)21(31)14-30)27(33)23(13-22(32)28(25,27)34)36-15-16-7-9-18(35-4)10-8-16/h7-12,21-23,25,30-34H,13-15H2,1-6H3/t21-,22+,23+,25+,27-,28-/m0/s1. The highest BCUT2D eigenvalue weighted by atomic mass is 35.5. The molecule has 1 fully saturated rings. The van der Waals surface area contributed by atoms with Crippen molar-refractivity contribution in [1.82, 2.24) is 0 Å². The molecular formula is C28H39ClO8Si. The molecule has 4 rings (SSSR count). The lowest BCUT2D eigenvalue weighted by Crippen LogP contribution is -2.58. The van der Waals surface area contributed by atoms with Crippen LogP contribution in [0.5, 0.6) is 5.75 Å². The number of aliphatic hydroxyl groups excluding tert-OH is 3. The van der Waals surface area contributed by atoms with E-state index < -0.39 is 50.5 Å². The van der Waals surface area contributed by atoms with E-state index in [-0.39, 0.29) is 34.2 Å². The molecule has 2 aliphatic rings. The number of rotatable bonds is 8. The van der Waals surface area contributed by atoms with Crippen LogP contribution in [0.4, 0.5) is 0 Å². The minimum atomic E-state index is -2.56. The third-order valence-electron chi connectivity index (χ3n) is 8.63. The molecule has 0 bridgehead atoms. The molecule has 10 heteroatoms. The summed E-state index contributed by atoms with van der Waals surface area (Å²) in [6.07, 6.45) is -4.85. The average molecular weight is 567 g/mol. The minimum absolute atomic E-state index is 0.0512. The van der Waals surface area contributed by atoms with Crippen LogP contribution in [0.3, 0.4) is 0 Å². The maximum Gasteiger partial charge on any atom is 0.193 e. The summed E-state index contributed by atoms with van der Waals surface area (Å²) in [6.45, 7) is 9.75. The lowest BCUT2D eigenvalue weighted by Gasteiger charge is -2.45. The summed E-state index contributed by atoms with van der Waals surface area (Å²) >= 11 is 6.73. The van der Waals surface area contributed by atoms with Crippen molar-refractivity contribution in [2.45, 2.75) is 87.5 Å². The first kappa shape index (κ1) is 29.4. The van der Waals surface area contributed by atoms with Crippen molar-refractivity contribution in [3.8, 4) is 5.75 Å². The fourth-order valence-electron chi connectivity index (χ4n) is 5.29. The fraction of sp³-hybridized carbons (Fsp3) is 0.571. The Hall–Kier alpha value is -1.53. The van der Waals surface area contributed by atoms with E-state index in [0.717, 1.165) is 5.56 Å². The summed E-state index contributed by atoms with van der Waals surface area (Å²) in [4.78, 5) is 0.